The number of carbonyl (C=O) groups excluding carboxylic acids is 1. The summed E-state index contributed by atoms with van der Waals surface area (Å²) in [6, 6.07) is 0. The van der Waals surface area contributed by atoms with Crippen LogP contribution in [0.25, 0.3) is 0 Å². The Morgan fingerprint density at radius 1 is 1.78 bits per heavy atom. The number of rotatable bonds is 3. The fraction of sp³-hybridized carbons (Fsp3) is 0.500. The van der Waals surface area contributed by atoms with Gasteiger partial charge in [-0.1, -0.05) is 0 Å². The van der Waals surface area contributed by atoms with Crippen molar-refractivity contribution in [3.05, 3.63) is 0 Å². The quantitative estimate of drug-likeness (QED) is 0.362. The molecular formula is C4H7NO4. The lowest BCUT2D eigenvalue weighted by molar-refractivity contribution is -0.159. The molecule has 1 unspecified atom stereocenters. The van der Waals surface area contributed by atoms with Crippen LogP contribution in [0.5, 0.6) is 0 Å². The van der Waals surface area contributed by atoms with E-state index in [1.54, 1.807) is 0 Å². The van der Waals surface area contributed by atoms with E-state index in [-0.39, 0.29) is 6.41 Å². The summed E-state index contributed by atoms with van der Waals surface area (Å²) in [6.45, 7) is 0. The fourth-order valence-corrected chi connectivity index (χ4v) is 0.232. The van der Waals surface area contributed by atoms with Crippen molar-refractivity contribution in [1.82, 2.24) is 4.90 Å². The number of amides is 1. The van der Waals surface area contributed by atoms with Gasteiger partial charge in [0.1, 0.15) is 0 Å². The van der Waals surface area contributed by atoms with Gasteiger partial charge in [0.15, 0.2) is 0 Å². The average molecular weight is 133 g/mol. The predicted octanol–water partition coefficient (Wildman–Crippen LogP) is -1.52. The van der Waals surface area contributed by atoms with Gasteiger partial charge in [0.2, 0.25) is 12.6 Å². The summed E-state index contributed by atoms with van der Waals surface area (Å²) in [4.78, 5) is 20.2. The van der Waals surface area contributed by atoms with Crippen molar-refractivity contribution in [3.8, 4) is 0 Å². The summed E-state index contributed by atoms with van der Waals surface area (Å²) in [5.41, 5.74) is 0. The zero-order chi connectivity index (χ0) is 7.44. The molecule has 5 heteroatoms. The Kier molecular flexibility index (Phi) is 2.66. The highest BCUT2D eigenvalue weighted by Crippen LogP contribution is 1.85. The molecule has 0 aliphatic rings. The normalized spacial score (nSPS) is 12.2. The second-order valence-electron chi connectivity index (χ2n) is 1.48. The van der Waals surface area contributed by atoms with Gasteiger partial charge in [0, 0.05) is 7.05 Å². The summed E-state index contributed by atoms with van der Waals surface area (Å²) < 4.78 is 0. The summed E-state index contributed by atoms with van der Waals surface area (Å²) in [7, 11) is 1.17. The molecule has 0 radical (unpaired) electrons. The maximum Gasteiger partial charge on any atom is 0.354 e. The molecule has 1 atom stereocenters. The monoisotopic (exact) mass is 133 g/mol. The van der Waals surface area contributed by atoms with E-state index in [1.807, 2.05) is 0 Å². The van der Waals surface area contributed by atoms with Gasteiger partial charge >= 0.3 is 5.97 Å². The molecule has 2 N–H and O–H groups in total. The molecule has 0 aromatic heterocycles. The highest BCUT2D eigenvalue weighted by Gasteiger charge is 2.16. The molecule has 5 nitrogen and oxygen atoms in total. The van der Waals surface area contributed by atoms with Crippen LogP contribution in [0.3, 0.4) is 0 Å². The first-order valence-corrected chi connectivity index (χ1v) is 2.17. The van der Waals surface area contributed by atoms with Gasteiger partial charge in [-0.15, -0.1) is 0 Å². The topological polar surface area (TPSA) is 77.8 Å². The van der Waals surface area contributed by atoms with Crippen molar-refractivity contribution >= 4 is 12.4 Å². The SMILES string of the molecule is CN(C=O)C(O)C(=O)O. The van der Waals surface area contributed by atoms with Crippen LogP contribution in [0, 0.1) is 0 Å². The Bertz CT molecular complexity index is 124. The van der Waals surface area contributed by atoms with Crippen LogP contribution in [-0.4, -0.2) is 40.8 Å². The molecule has 0 fully saturated rings. The van der Waals surface area contributed by atoms with Crippen LogP contribution in [-0.2, 0) is 9.59 Å². The number of hydrogen-bond acceptors (Lipinski definition) is 3. The van der Waals surface area contributed by atoms with Crippen molar-refractivity contribution in [1.29, 1.82) is 0 Å². The van der Waals surface area contributed by atoms with E-state index in [9.17, 15) is 9.59 Å². The predicted molar refractivity (Wildman–Crippen MR) is 27.5 cm³/mol. The van der Waals surface area contributed by atoms with E-state index >= 15 is 0 Å². The Morgan fingerprint density at radius 2 is 2.22 bits per heavy atom. The van der Waals surface area contributed by atoms with Gasteiger partial charge in [0.25, 0.3) is 0 Å². The molecule has 0 aromatic carbocycles. The van der Waals surface area contributed by atoms with Crippen molar-refractivity contribution < 1.29 is 19.8 Å². The van der Waals surface area contributed by atoms with Gasteiger partial charge in [-0.3, -0.25) is 4.79 Å². The van der Waals surface area contributed by atoms with Crippen LogP contribution >= 0.6 is 0 Å². The Morgan fingerprint density at radius 3 is 2.33 bits per heavy atom. The average Bonchev–Trinajstić information content (AvgIpc) is 1.84. The highest BCUT2D eigenvalue weighted by atomic mass is 16.4. The van der Waals surface area contributed by atoms with Gasteiger partial charge in [0.05, 0.1) is 0 Å². The molecule has 0 heterocycles. The van der Waals surface area contributed by atoms with Crippen LogP contribution in [0.4, 0.5) is 0 Å². The maximum absolute atomic E-state index is 9.85. The summed E-state index contributed by atoms with van der Waals surface area (Å²) >= 11 is 0. The van der Waals surface area contributed by atoms with Crippen molar-refractivity contribution in [2.24, 2.45) is 0 Å². The Labute approximate surface area is 51.5 Å². The van der Waals surface area contributed by atoms with Crippen LogP contribution in [0.2, 0.25) is 0 Å². The van der Waals surface area contributed by atoms with Crippen molar-refractivity contribution in [3.63, 3.8) is 0 Å². The third-order valence-corrected chi connectivity index (χ3v) is 0.773. The van der Waals surface area contributed by atoms with Crippen LogP contribution in [0.15, 0.2) is 0 Å². The molecule has 0 aliphatic heterocycles. The molecular weight excluding hydrogens is 126 g/mol. The van der Waals surface area contributed by atoms with Gasteiger partial charge in [-0.25, -0.2) is 4.79 Å². The minimum Gasteiger partial charge on any atom is -0.478 e. The van der Waals surface area contributed by atoms with Gasteiger partial charge < -0.3 is 15.1 Å². The fourth-order valence-electron chi connectivity index (χ4n) is 0.232. The molecule has 1 amide bonds. The highest BCUT2D eigenvalue weighted by molar-refractivity contribution is 5.74. The number of aliphatic hydroxyl groups is 1. The lowest BCUT2D eigenvalue weighted by Gasteiger charge is -2.12. The van der Waals surface area contributed by atoms with E-state index < -0.39 is 12.2 Å². The molecule has 0 saturated heterocycles. The molecule has 9 heavy (non-hydrogen) atoms. The van der Waals surface area contributed by atoms with Gasteiger partial charge in [-0.05, 0) is 0 Å². The second kappa shape index (κ2) is 3.03. The van der Waals surface area contributed by atoms with E-state index in [0.29, 0.717) is 4.90 Å². The minimum atomic E-state index is -1.73. The maximum atomic E-state index is 9.85. The molecule has 0 bridgehead atoms. The lowest BCUT2D eigenvalue weighted by Crippen LogP contribution is -2.36. The lowest BCUT2D eigenvalue weighted by atomic mass is 10.5. The van der Waals surface area contributed by atoms with E-state index in [0.717, 1.165) is 0 Å². The van der Waals surface area contributed by atoms with Gasteiger partial charge in [-0.2, -0.15) is 0 Å². The summed E-state index contributed by atoms with van der Waals surface area (Å²) in [5, 5.41) is 16.5. The smallest absolute Gasteiger partial charge is 0.354 e. The first kappa shape index (κ1) is 7.90. The van der Waals surface area contributed by atoms with Crippen molar-refractivity contribution in [2.45, 2.75) is 6.23 Å². The molecule has 0 aliphatic carbocycles. The third-order valence-electron chi connectivity index (χ3n) is 0.773. The standard InChI is InChI=1S/C4H7NO4/c1-5(2-6)3(7)4(8)9/h2-3,7H,1H3,(H,8,9). The molecule has 0 saturated carbocycles. The Hall–Kier alpha value is -1.10. The molecule has 52 valence electrons. The largest absolute Gasteiger partial charge is 0.478 e. The molecule has 0 spiro atoms. The van der Waals surface area contributed by atoms with E-state index in [1.165, 1.54) is 7.05 Å². The first-order valence-electron chi connectivity index (χ1n) is 2.17. The number of carboxylic acids is 1. The van der Waals surface area contributed by atoms with Crippen molar-refractivity contribution in [2.75, 3.05) is 7.05 Å². The number of aliphatic carboxylic acids is 1. The second-order valence-corrected chi connectivity index (χ2v) is 1.48. The number of carboxylic acid groups (broad SMARTS) is 1. The van der Waals surface area contributed by atoms with E-state index in [4.69, 9.17) is 10.2 Å². The number of carbonyl (C=O) groups is 2. The number of nitrogens with zero attached hydrogens (tertiary/aromatic N) is 1. The number of likely N-dealkylation sites (N-methyl/N-ethyl adjacent to an activating group) is 1. The van der Waals surface area contributed by atoms with Crippen LogP contribution in [0.1, 0.15) is 0 Å². The zero-order valence-electron chi connectivity index (χ0n) is 4.81. The minimum absolute atomic E-state index is 0.235. The van der Waals surface area contributed by atoms with Crippen LogP contribution < -0.4 is 0 Å². The van der Waals surface area contributed by atoms with E-state index in [2.05, 4.69) is 0 Å². The zero-order valence-corrected chi connectivity index (χ0v) is 4.81. The summed E-state index contributed by atoms with van der Waals surface area (Å²) in [5.74, 6) is -1.44. The number of hydrogen-bond donors (Lipinski definition) is 2. The summed E-state index contributed by atoms with van der Waals surface area (Å²) in [6.07, 6.45) is -1.50. The number of aliphatic hydroxyl groups excluding tert-OH is 1. The Balaban J connectivity index is 3.86. The molecule has 0 aromatic rings. The molecule has 0 rings (SSSR count). The third kappa shape index (κ3) is 2.09. The first-order chi connectivity index (χ1) is 4.09.